The molecule has 4 heteroatoms. The molecule has 0 spiro atoms. The van der Waals surface area contributed by atoms with Gasteiger partial charge in [-0.15, -0.1) is 0 Å². The number of carbonyl (C=O) groups is 1. The highest BCUT2D eigenvalue weighted by molar-refractivity contribution is 5.94. The number of hydrogen-bond donors (Lipinski definition) is 1. The lowest BCUT2D eigenvalue weighted by atomic mass is 9.90. The predicted molar refractivity (Wildman–Crippen MR) is 82.7 cm³/mol. The van der Waals surface area contributed by atoms with Gasteiger partial charge in [-0.3, -0.25) is 9.69 Å². The number of amides is 1. The fourth-order valence-corrected chi connectivity index (χ4v) is 3.89. The number of benzene rings is 1. The number of nitrogens with one attached hydrogen (secondary N) is 1. The topological polar surface area (TPSA) is 41.6 Å². The van der Waals surface area contributed by atoms with Gasteiger partial charge in [0.1, 0.15) is 5.75 Å². The molecule has 2 aliphatic rings. The maximum absolute atomic E-state index is 12.1. The second-order valence-electron chi connectivity index (χ2n) is 6.15. The van der Waals surface area contributed by atoms with Gasteiger partial charge in [-0.25, -0.2) is 0 Å². The molecule has 21 heavy (non-hydrogen) atoms. The first-order valence-corrected chi connectivity index (χ1v) is 7.91. The van der Waals surface area contributed by atoms with Crippen LogP contribution in [-0.2, 0) is 0 Å². The molecule has 1 N–H and O–H groups in total. The van der Waals surface area contributed by atoms with Crippen molar-refractivity contribution in [2.75, 3.05) is 26.7 Å². The summed E-state index contributed by atoms with van der Waals surface area (Å²) in [6, 6.07) is 7.26. The normalized spacial score (nSPS) is 20.2. The van der Waals surface area contributed by atoms with E-state index in [9.17, 15) is 4.79 Å². The molecule has 3 rings (SSSR count). The molecule has 0 aromatic heterocycles. The first-order valence-electron chi connectivity index (χ1n) is 7.91. The third-order valence-corrected chi connectivity index (χ3v) is 5.04. The first-order chi connectivity index (χ1) is 10.2. The Morgan fingerprint density at radius 3 is 2.52 bits per heavy atom. The van der Waals surface area contributed by atoms with Gasteiger partial charge in [-0.1, -0.05) is 0 Å². The van der Waals surface area contributed by atoms with Crippen molar-refractivity contribution < 1.29 is 9.53 Å². The second-order valence-corrected chi connectivity index (χ2v) is 6.15. The highest BCUT2D eigenvalue weighted by Gasteiger charge is 2.43. The summed E-state index contributed by atoms with van der Waals surface area (Å²) in [6.45, 7) is 3.25. The molecule has 0 saturated carbocycles. The Kier molecular flexibility index (Phi) is 4.15. The van der Waals surface area contributed by atoms with Gasteiger partial charge in [-0.2, -0.15) is 0 Å². The summed E-state index contributed by atoms with van der Waals surface area (Å²) in [6.07, 6.45) is 6.30. The van der Waals surface area contributed by atoms with Crippen LogP contribution >= 0.6 is 0 Å². The molecule has 1 amide bonds. The summed E-state index contributed by atoms with van der Waals surface area (Å²) < 4.78 is 5.11. The Morgan fingerprint density at radius 2 is 1.90 bits per heavy atom. The van der Waals surface area contributed by atoms with Gasteiger partial charge in [0.25, 0.3) is 5.91 Å². The predicted octanol–water partition coefficient (Wildman–Crippen LogP) is 2.44. The zero-order chi connectivity index (χ0) is 14.7. The van der Waals surface area contributed by atoms with E-state index in [2.05, 4.69) is 10.2 Å². The molecular weight excluding hydrogens is 264 g/mol. The Hall–Kier alpha value is -1.55. The molecule has 0 radical (unpaired) electrons. The van der Waals surface area contributed by atoms with Crippen LogP contribution in [0.1, 0.15) is 42.5 Å². The van der Waals surface area contributed by atoms with Crippen molar-refractivity contribution in [3.63, 3.8) is 0 Å². The van der Waals surface area contributed by atoms with Crippen LogP contribution < -0.4 is 10.1 Å². The van der Waals surface area contributed by atoms with E-state index < -0.39 is 0 Å². The summed E-state index contributed by atoms with van der Waals surface area (Å²) in [4.78, 5) is 14.8. The quantitative estimate of drug-likeness (QED) is 0.905. The lowest BCUT2D eigenvalue weighted by molar-refractivity contribution is 0.0943. The van der Waals surface area contributed by atoms with Crippen LogP contribution in [0.15, 0.2) is 24.3 Å². The fourth-order valence-electron chi connectivity index (χ4n) is 3.89. The van der Waals surface area contributed by atoms with Crippen LogP contribution in [0.25, 0.3) is 0 Å². The number of ether oxygens (including phenoxy) is 1. The Labute approximate surface area is 126 Å². The van der Waals surface area contributed by atoms with Gasteiger partial charge in [0, 0.05) is 17.6 Å². The van der Waals surface area contributed by atoms with Crippen LogP contribution in [-0.4, -0.2) is 43.1 Å². The smallest absolute Gasteiger partial charge is 0.251 e. The molecule has 0 atom stereocenters. The Bertz CT molecular complexity index is 488. The molecule has 4 nitrogen and oxygen atoms in total. The lowest BCUT2D eigenvalue weighted by Crippen LogP contribution is -2.41. The average Bonchev–Trinajstić information content (AvgIpc) is 3.07. The molecule has 2 saturated heterocycles. The molecule has 0 aliphatic carbocycles. The van der Waals surface area contributed by atoms with Crippen LogP contribution in [0, 0.1) is 0 Å². The minimum absolute atomic E-state index is 0.0107. The maximum atomic E-state index is 12.1. The standard InChI is InChI=1S/C17H24N2O2/c1-21-15-6-4-14(5-7-15)16(20)18-11-10-17-8-2-12-19(17)13-3-9-17/h4-7H,2-3,8-13H2,1H3,(H,18,20). The maximum Gasteiger partial charge on any atom is 0.251 e. The zero-order valence-electron chi connectivity index (χ0n) is 12.7. The fraction of sp³-hybridized carbons (Fsp3) is 0.588. The van der Waals surface area contributed by atoms with Gasteiger partial charge >= 0.3 is 0 Å². The number of methoxy groups -OCH3 is 1. The highest BCUT2D eigenvalue weighted by atomic mass is 16.5. The second kappa shape index (κ2) is 6.06. The molecular formula is C17H24N2O2. The molecule has 2 fully saturated rings. The van der Waals surface area contributed by atoms with Crippen molar-refractivity contribution in [2.45, 2.75) is 37.6 Å². The van der Waals surface area contributed by atoms with E-state index >= 15 is 0 Å². The van der Waals surface area contributed by atoms with E-state index in [1.54, 1.807) is 7.11 Å². The average molecular weight is 288 g/mol. The van der Waals surface area contributed by atoms with E-state index in [-0.39, 0.29) is 5.91 Å². The monoisotopic (exact) mass is 288 g/mol. The van der Waals surface area contributed by atoms with Gasteiger partial charge in [-0.05, 0) is 69.5 Å². The largest absolute Gasteiger partial charge is 0.497 e. The van der Waals surface area contributed by atoms with Crippen LogP contribution in [0.2, 0.25) is 0 Å². The zero-order valence-corrected chi connectivity index (χ0v) is 12.7. The number of rotatable bonds is 5. The lowest BCUT2D eigenvalue weighted by Gasteiger charge is -2.32. The van der Waals surface area contributed by atoms with Crippen molar-refractivity contribution in [2.24, 2.45) is 0 Å². The SMILES string of the molecule is COc1ccc(C(=O)NCCC23CCCN2CCC3)cc1. The van der Waals surface area contributed by atoms with Crippen molar-refractivity contribution >= 4 is 5.91 Å². The van der Waals surface area contributed by atoms with E-state index in [0.717, 1.165) is 18.7 Å². The van der Waals surface area contributed by atoms with Gasteiger partial charge in [0.2, 0.25) is 0 Å². The van der Waals surface area contributed by atoms with E-state index in [1.807, 2.05) is 24.3 Å². The van der Waals surface area contributed by atoms with Crippen LogP contribution in [0.4, 0.5) is 0 Å². The molecule has 2 heterocycles. The Balaban J connectivity index is 1.51. The summed E-state index contributed by atoms with van der Waals surface area (Å²) in [5.74, 6) is 0.787. The van der Waals surface area contributed by atoms with E-state index in [0.29, 0.717) is 11.1 Å². The molecule has 1 aromatic rings. The van der Waals surface area contributed by atoms with Crippen LogP contribution in [0.3, 0.4) is 0 Å². The van der Waals surface area contributed by atoms with Crippen molar-refractivity contribution in [3.8, 4) is 5.75 Å². The first kappa shape index (κ1) is 14.4. The van der Waals surface area contributed by atoms with Crippen LogP contribution in [0.5, 0.6) is 5.75 Å². The summed E-state index contributed by atoms with van der Waals surface area (Å²) in [5.41, 5.74) is 1.08. The van der Waals surface area contributed by atoms with Gasteiger partial charge < -0.3 is 10.1 Å². The summed E-state index contributed by atoms with van der Waals surface area (Å²) in [7, 11) is 1.63. The number of nitrogens with zero attached hydrogens (tertiary/aromatic N) is 1. The van der Waals surface area contributed by atoms with Crippen molar-refractivity contribution in [1.29, 1.82) is 0 Å². The number of fused-ring (bicyclic) bond motifs is 1. The summed E-state index contributed by atoms with van der Waals surface area (Å²) in [5, 5.41) is 3.06. The van der Waals surface area contributed by atoms with E-state index in [4.69, 9.17) is 4.74 Å². The summed E-state index contributed by atoms with van der Waals surface area (Å²) >= 11 is 0. The third kappa shape index (κ3) is 2.91. The van der Waals surface area contributed by atoms with Gasteiger partial charge in [0.15, 0.2) is 0 Å². The van der Waals surface area contributed by atoms with Gasteiger partial charge in [0.05, 0.1) is 7.11 Å². The van der Waals surface area contributed by atoms with Crippen molar-refractivity contribution in [1.82, 2.24) is 10.2 Å². The molecule has 114 valence electrons. The minimum atomic E-state index is 0.0107. The minimum Gasteiger partial charge on any atom is -0.497 e. The highest BCUT2D eigenvalue weighted by Crippen LogP contribution is 2.40. The van der Waals surface area contributed by atoms with E-state index in [1.165, 1.54) is 38.8 Å². The molecule has 2 aliphatic heterocycles. The molecule has 0 unspecified atom stereocenters. The molecule has 1 aromatic carbocycles. The third-order valence-electron chi connectivity index (χ3n) is 5.04. The van der Waals surface area contributed by atoms with Crippen molar-refractivity contribution in [3.05, 3.63) is 29.8 Å². The Morgan fingerprint density at radius 1 is 1.24 bits per heavy atom. The number of carbonyl (C=O) groups excluding carboxylic acids is 1. The molecule has 0 bridgehead atoms. The number of hydrogen-bond acceptors (Lipinski definition) is 3.